The fraction of sp³-hybridized carbons (Fsp3) is 0.400. The van der Waals surface area contributed by atoms with Gasteiger partial charge >= 0.3 is 0 Å². The molecule has 3 rings (SSSR count). The highest BCUT2D eigenvalue weighted by molar-refractivity contribution is 5.52. The topological polar surface area (TPSA) is 73.9 Å². The van der Waals surface area contributed by atoms with Gasteiger partial charge in [0, 0.05) is 18.3 Å². The summed E-state index contributed by atoms with van der Waals surface area (Å²) in [5, 5.41) is 8.28. The Labute approximate surface area is 118 Å². The van der Waals surface area contributed by atoms with Crippen LogP contribution in [0.15, 0.2) is 36.5 Å². The Morgan fingerprint density at radius 1 is 1.00 bits per heavy atom. The first-order chi connectivity index (χ1) is 9.83. The summed E-state index contributed by atoms with van der Waals surface area (Å²) in [5.41, 5.74) is 7.61. The van der Waals surface area contributed by atoms with Gasteiger partial charge in [-0.2, -0.15) is 0 Å². The van der Waals surface area contributed by atoms with Crippen molar-refractivity contribution in [1.29, 1.82) is 0 Å². The maximum atomic E-state index is 6.06. The summed E-state index contributed by atoms with van der Waals surface area (Å²) in [5.74, 6) is 0.534. The minimum absolute atomic E-state index is 0.0544. The van der Waals surface area contributed by atoms with Crippen LogP contribution in [0.2, 0.25) is 0 Å². The fourth-order valence-corrected chi connectivity index (χ4v) is 2.46. The SMILES string of the molecule is N[C@H]1CCCC[C@@H]1Oc1ccc(-c2ccccn2)nn1. The van der Waals surface area contributed by atoms with Crippen LogP contribution in [0.3, 0.4) is 0 Å². The third kappa shape index (κ3) is 2.93. The summed E-state index contributed by atoms with van der Waals surface area (Å²) in [6, 6.07) is 9.51. The molecule has 5 heteroatoms. The van der Waals surface area contributed by atoms with Crippen molar-refractivity contribution in [3.8, 4) is 17.3 Å². The maximum absolute atomic E-state index is 6.06. The third-order valence-corrected chi connectivity index (χ3v) is 3.59. The Bertz CT molecular complexity index is 544. The van der Waals surface area contributed by atoms with Crippen molar-refractivity contribution in [1.82, 2.24) is 15.2 Å². The second-order valence-electron chi connectivity index (χ2n) is 5.08. The van der Waals surface area contributed by atoms with Crippen LogP contribution >= 0.6 is 0 Å². The number of hydrogen-bond acceptors (Lipinski definition) is 5. The first-order valence-electron chi connectivity index (χ1n) is 7.00. The largest absolute Gasteiger partial charge is 0.472 e. The molecule has 0 spiro atoms. The molecule has 0 aromatic carbocycles. The van der Waals surface area contributed by atoms with E-state index >= 15 is 0 Å². The molecule has 2 N–H and O–H groups in total. The Morgan fingerprint density at radius 3 is 2.60 bits per heavy atom. The average molecular weight is 270 g/mol. The van der Waals surface area contributed by atoms with Crippen LogP contribution in [0.5, 0.6) is 5.88 Å². The predicted molar refractivity (Wildman–Crippen MR) is 76.1 cm³/mol. The molecule has 5 nitrogen and oxygen atoms in total. The maximum Gasteiger partial charge on any atom is 0.233 e. The van der Waals surface area contributed by atoms with Gasteiger partial charge < -0.3 is 10.5 Å². The first-order valence-corrected chi connectivity index (χ1v) is 7.00. The lowest BCUT2D eigenvalue weighted by Gasteiger charge is -2.28. The zero-order chi connectivity index (χ0) is 13.8. The van der Waals surface area contributed by atoms with Gasteiger partial charge in [-0.15, -0.1) is 10.2 Å². The Balaban J connectivity index is 1.70. The average Bonchev–Trinajstić information content (AvgIpc) is 2.51. The van der Waals surface area contributed by atoms with Gasteiger partial charge in [0.15, 0.2) is 0 Å². The van der Waals surface area contributed by atoms with Gasteiger partial charge in [0.05, 0.1) is 5.69 Å². The molecule has 0 amide bonds. The zero-order valence-corrected chi connectivity index (χ0v) is 11.3. The van der Waals surface area contributed by atoms with Crippen molar-refractivity contribution in [2.75, 3.05) is 0 Å². The van der Waals surface area contributed by atoms with Gasteiger partial charge in [-0.3, -0.25) is 4.98 Å². The number of aromatic nitrogens is 3. The molecular formula is C15H18N4O. The molecule has 20 heavy (non-hydrogen) atoms. The highest BCUT2D eigenvalue weighted by Crippen LogP contribution is 2.22. The quantitative estimate of drug-likeness (QED) is 0.925. The summed E-state index contributed by atoms with van der Waals surface area (Å²) in [7, 11) is 0. The minimum Gasteiger partial charge on any atom is -0.472 e. The molecule has 0 unspecified atom stereocenters. The van der Waals surface area contributed by atoms with Gasteiger partial charge in [0.1, 0.15) is 11.8 Å². The van der Waals surface area contributed by atoms with Gasteiger partial charge in [0.2, 0.25) is 5.88 Å². The summed E-state index contributed by atoms with van der Waals surface area (Å²) in [6.07, 6.45) is 6.15. The van der Waals surface area contributed by atoms with Crippen LogP contribution < -0.4 is 10.5 Å². The fourth-order valence-electron chi connectivity index (χ4n) is 2.46. The highest BCUT2D eigenvalue weighted by atomic mass is 16.5. The van der Waals surface area contributed by atoms with E-state index in [-0.39, 0.29) is 12.1 Å². The van der Waals surface area contributed by atoms with E-state index in [1.54, 1.807) is 6.20 Å². The van der Waals surface area contributed by atoms with Crippen LogP contribution in [0, 0.1) is 0 Å². The zero-order valence-electron chi connectivity index (χ0n) is 11.3. The van der Waals surface area contributed by atoms with Crippen molar-refractivity contribution in [3.05, 3.63) is 36.5 Å². The molecule has 0 bridgehead atoms. The van der Waals surface area contributed by atoms with Crippen molar-refractivity contribution in [2.24, 2.45) is 5.73 Å². The molecule has 2 aromatic heterocycles. The lowest BCUT2D eigenvalue weighted by atomic mass is 9.93. The number of pyridine rings is 1. The van der Waals surface area contributed by atoms with Crippen LogP contribution in [0.25, 0.3) is 11.4 Å². The van der Waals surface area contributed by atoms with E-state index in [4.69, 9.17) is 10.5 Å². The summed E-state index contributed by atoms with van der Waals surface area (Å²) in [6.45, 7) is 0. The van der Waals surface area contributed by atoms with Gasteiger partial charge in [-0.25, -0.2) is 0 Å². The molecule has 2 atom stereocenters. The summed E-state index contributed by atoms with van der Waals surface area (Å²) in [4.78, 5) is 4.24. The highest BCUT2D eigenvalue weighted by Gasteiger charge is 2.23. The number of rotatable bonds is 3. The Kier molecular flexibility index (Phi) is 3.87. The van der Waals surface area contributed by atoms with E-state index in [9.17, 15) is 0 Å². The van der Waals surface area contributed by atoms with E-state index in [1.165, 1.54) is 6.42 Å². The Morgan fingerprint density at radius 2 is 1.90 bits per heavy atom. The number of hydrogen-bond donors (Lipinski definition) is 1. The van der Waals surface area contributed by atoms with Gasteiger partial charge in [-0.1, -0.05) is 12.5 Å². The van der Waals surface area contributed by atoms with Crippen molar-refractivity contribution in [3.63, 3.8) is 0 Å². The van der Waals surface area contributed by atoms with Crippen molar-refractivity contribution in [2.45, 2.75) is 37.8 Å². The van der Waals surface area contributed by atoms with Crippen molar-refractivity contribution < 1.29 is 4.74 Å². The number of nitrogens with two attached hydrogens (primary N) is 1. The van der Waals surface area contributed by atoms with E-state index in [2.05, 4.69) is 15.2 Å². The van der Waals surface area contributed by atoms with Gasteiger partial charge in [-0.05, 0) is 37.5 Å². The molecular weight excluding hydrogens is 252 g/mol. The number of nitrogens with zero attached hydrogens (tertiary/aromatic N) is 3. The van der Waals surface area contributed by atoms with Gasteiger partial charge in [0.25, 0.3) is 0 Å². The molecule has 104 valence electrons. The van der Waals surface area contributed by atoms with Crippen LogP contribution in [0.1, 0.15) is 25.7 Å². The summed E-state index contributed by atoms with van der Waals surface area (Å²) < 4.78 is 5.84. The van der Waals surface area contributed by atoms with Crippen molar-refractivity contribution >= 4 is 0 Å². The minimum atomic E-state index is 0.0544. The second kappa shape index (κ2) is 5.96. The van der Waals surface area contributed by atoms with Crippen LogP contribution in [-0.4, -0.2) is 27.3 Å². The standard InChI is InChI=1S/C15H18N4O/c16-11-5-1-2-7-14(11)20-15-9-8-13(18-19-15)12-6-3-4-10-17-12/h3-4,6,8-11,14H,1-2,5,7,16H2/t11-,14-/m0/s1. The first kappa shape index (κ1) is 13.0. The van der Waals surface area contributed by atoms with E-state index in [0.717, 1.165) is 30.7 Å². The summed E-state index contributed by atoms with van der Waals surface area (Å²) >= 11 is 0. The molecule has 2 heterocycles. The van der Waals surface area contributed by atoms with Crippen LogP contribution in [0.4, 0.5) is 0 Å². The predicted octanol–water partition coefficient (Wildman–Crippen LogP) is 2.19. The molecule has 1 aliphatic rings. The molecule has 0 saturated heterocycles. The molecule has 2 aromatic rings. The second-order valence-corrected chi connectivity index (χ2v) is 5.08. The normalized spacial score (nSPS) is 22.4. The molecule has 1 fully saturated rings. The van der Waals surface area contributed by atoms with E-state index < -0.39 is 0 Å². The Hall–Kier alpha value is -2.01. The lowest BCUT2D eigenvalue weighted by Crippen LogP contribution is -2.41. The lowest BCUT2D eigenvalue weighted by molar-refractivity contribution is 0.125. The molecule has 1 saturated carbocycles. The van der Waals surface area contributed by atoms with E-state index in [1.807, 2.05) is 30.3 Å². The number of ether oxygens (including phenoxy) is 1. The third-order valence-electron chi connectivity index (χ3n) is 3.59. The van der Waals surface area contributed by atoms with Crippen LogP contribution in [-0.2, 0) is 0 Å². The molecule has 0 radical (unpaired) electrons. The molecule has 0 aliphatic heterocycles. The van der Waals surface area contributed by atoms with E-state index in [0.29, 0.717) is 5.88 Å². The smallest absolute Gasteiger partial charge is 0.233 e. The monoisotopic (exact) mass is 270 g/mol. The molecule has 1 aliphatic carbocycles.